The summed E-state index contributed by atoms with van der Waals surface area (Å²) in [4.78, 5) is 58.1. The fourth-order valence-electron chi connectivity index (χ4n) is 4.80. The van der Waals surface area contributed by atoms with E-state index in [1.54, 1.807) is 4.57 Å². The topological polar surface area (TPSA) is 158 Å². The molecule has 12 nitrogen and oxygen atoms in total. The van der Waals surface area contributed by atoms with E-state index < -0.39 is 41.4 Å². The summed E-state index contributed by atoms with van der Waals surface area (Å²) in [7, 11) is 1.31. The van der Waals surface area contributed by atoms with Crippen molar-refractivity contribution in [2.45, 2.75) is 57.0 Å². The van der Waals surface area contributed by atoms with Crippen LogP contribution in [0.1, 0.15) is 43.9 Å². The Morgan fingerprint density at radius 3 is 2.40 bits per heavy atom. The first-order valence-electron chi connectivity index (χ1n) is 14.1. The number of hydrogen-bond donors (Lipinski definition) is 3. The fourth-order valence-corrected chi connectivity index (χ4v) is 4.80. The molecule has 0 spiro atoms. The highest BCUT2D eigenvalue weighted by Gasteiger charge is 2.39. The average Bonchev–Trinajstić information content (AvgIpc) is 3.67. The van der Waals surface area contributed by atoms with Crippen LogP contribution in [0.4, 0.5) is 5.82 Å². The van der Waals surface area contributed by atoms with E-state index in [2.05, 4.69) is 15.6 Å². The molecule has 1 aliphatic rings. The monoisotopic (exact) mass is 590 g/mol. The molecule has 43 heavy (non-hydrogen) atoms. The van der Waals surface area contributed by atoms with Crippen molar-refractivity contribution in [1.29, 1.82) is 0 Å². The van der Waals surface area contributed by atoms with Crippen LogP contribution in [0, 0.1) is 0 Å². The van der Waals surface area contributed by atoms with Gasteiger partial charge >= 0.3 is 5.97 Å². The number of rotatable bonds is 12. The van der Waals surface area contributed by atoms with Gasteiger partial charge in [-0.1, -0.05) is 60.7 Å². The van der Waals surface area contributed by atoms with E-state index in [0.717, 1.165) is 5.56 Å². The van der Waals surface area contributed by atoms with Crippen LogP contribution in [-0.4, -0.2) is 76.0 Å². The maximum atomic E-state index is 13.9. The van der Waals surface area contributed by atoms with Crippen LogP contribution in [0.15, 0.2) is 73.2 Å². The third-order valence-corrected chi connectivity index (χ3v) is 7.11. The summed E-state index contributed by atoms with van der Waals surface area (Å²) in [6.45, 7) is 3.62. The largest absolute Gasteiger partial charge is 0.467 e. The molecule has 3 atom stereocenters. The van der Waals surface area contributed by atoms with E-state index in [1.807, 2.05) is 60.7 Å². The Hall–Kier alpha value is -4.55. The predicted octanol–water partition coefficient (Wildman–Crippen LogP) is 2.01. The number of esters is 1. The molecule has 0 saturated carbocycles. The Balaban J connectivity index is 1.53. The number of aromatic nitrogens is 2. The van der Waals surface area contributed by atoms with Gasteiger partial charge in [0.25, 0.3) is 11.8 Å². The molecular weight excluding hydrogens is 552 g/mol. The highest BCUT2D eigenvalue weighted by atomic mass is 16.5. The standard InChI is InChI=1S/C31H38N6O6/c1-31(2,32)30(41)34-23(19-43-18-21-11-6-4-7-12-21)27(38)35-25-17-36(20-33-25)26(22-13-8-5-9-14-22)28(39)37-16-10-15-24(37)29(40)42-3/h4-9,11-14,17,20,23-24,26H,10,15-16,18-19,32H2,1-3H3,(H,34,41)(H,35,38)/t23-,24-,26?/m1/s1. The predicted molar refractivity (Wildman–Crippen MR) is 158 cm³/mol. The van der Waals surface area contributed by atoms with E-state index >= 15 is 0 Å². The number of carbonyl (C=O) groups excluding carboxylic acids is 4. The van der Waals surface area contributed by atoms with Gasteiger partial charge in [-0.3, -0.25) is 14.4 Å². The second-order valence-electron chi connectivity index (χ2n) is 11.0. The molecule has 12 heteroatoms. The van der Waals surface area contributed by atoms with Gasteiger partial charge in [-0.2, -0.15) is 0 Å². The van der Waals surface area contributed by atoms with Gasteiger partial charge in [0, 0.05) is 12.7 Å². The Kier molecular flexibility index (Phi) is 10.3. The van der Waals surface area contributed by atoms with Crippen molar-refractivity contribution >= 4 is 29.5 Å². The Morgan fingerprint density at radius 2 is 1.74 bits per heavy atom. The van der Waals surface area contributed by atoms with Crippen LogP contribution in [0.3, 0.4) is 0 Å². The second-order valence-corrected chi connectivity index (χ2v) is 11.0. The molecule has 1 unspecified atom stereocenters. The Labute approximate surface area is 250 Å². The van der Waals surface area contributed by atoms with Crippen molar-refractivity contribution in [3.8, 4) is 0 Å². The van der Waals surface area contributed by atoms with Crippen molar-refractivity contribution in [3.05, 3.63) is 84.3 Å². The molecule has 2 aromatic carbocycles. The number of nitrogens with two attached hydrogens (primary N) is 1. The molecule has 1 aromatic heterocycles. The van der Waals surface area contributed by atoms with Gasteiger partial charge in [-0.25, -0.2) is 9.78 Å². The highest BCUT2D eigenvalue weighted by molar-refractivity contribution is 5.98. The molecule has 3 aromatic rings. The maximum Gasteiger partial charge on any atom is 0.328 e. The lowest BCUT2D eigenvalue weighted by Crippen LogP contribution is -2.56. The lowest BCUT2D eigenvalue weighted by atomic mass is 10.0. The summed E-state index contributed by atoms with van der Waals surface area (Å²) >= 11 is 0. The number of benzene rings is 2. The zero-order chi connectivity index (χ0) is 31.0. The summed E-state index contributed by atoms with van der Waals surface area (Å²) in [5, 5.41) is 5.37. The average molecular weight is 591 g/mol. The lowest BCUT2D eigenvalue weighted by molar-refractivity contribution is -0.151. The SMILES string of the molecule is COC(=O)[C@H]1CCCN1C(=O)C(c1ccccc1)n1cnc(NC(=O)[C@@H](COCc2ccccc2)NC(=O)C(C)(C)N)c1. The number of nitrogens with zero attached hydrogens (tertiary/aromatic N) is 3. The van der Waals surface area contributed by atoms with Gasteiger partial charge in [-0.15, -0.1) is 0 Å². The lowest BCUT2D eigenvalue weighted by Gasteiger charge is -2.28. The van der Waals surface area contributed by atoms with Crippen molar-refractivity contribution in [1.82, 2.24) is 19.8 Å². The molecule has 1 fully saturated rings. The first kappa shape index (κ1) is 31.4. The summed E-state index contributed by atoms with van der Waals surface area (Å²) in [6.07, 6.45) is 4.17. The van der Waals surface area contributed by atoms with Crippen LogP contribution in [0.5, 0.6) is 0 Å². The van der Waals surface area contributed by atoms with Crippen LogP contribution in [-0.2, 0) is 35.3 Å². The van der Waals surface area contributed by atoms with Crippen molar-refractivity contribution in [3.63, 3.8) is 0 Å². The third kappa shape index (κ3) is 8.05. The number of imidazole rings is 1. The minimum Gasteiger partial charge on any atom is -0.467 e. The van der Waals surface area contributed by atoms with Gasteiger partial charge in [0.1, 0.15) is 18.1 Å². The minimum atomic E-state index is -1.22. The molecule has 1 saturated heterocycles. The van der Waals surface area contributed by atoms with E-state index in [1.165, 1.54) is 38.4 Å². The van der Waals surface area contributed by atoms with Gasteiger partial charge < -0.3 is 35.3 Å². The van der Waals surface area contributed by atoms with Gasteiger partial charge in [0.05, 0.1) is 32.2 Å². The number of hydrogen-bond acceptors (Lipinski definition) is 8. The van der Waals surface area contributed by atoms with Crippen molar-refractivity contribution in [2.75, 3.05) is 25.6 Å². The molecule has 1 aliphatic heterocycles. The number of ether oxygens (including phenoxy) is 2. The van der Waals surface area contributed by atoms with Crippen LogP contribution in [0.25, 0.3) is 0 Å². The number of likely N-dealkylation sites (tertiary alicyclic amines) is 1. The smallest absolute Gasteiger partial charge is 0.328 e. The first-order valence-corrected chi connectivity index (χ1v) is 14.1. The van der Waals surface area contributed by atoms with E-state index in [0.29, 0.717) is 24.9 Å². The molecular formula is C31H38N6O6. The number of nitrogens with one attached hydrogen (secondary N) is 2. The number of methoxy groups -OCH3 is 1. The van der Waals surface area contributed by atoms with Crippen molar-refractivity contribution < 1.29 is 28.7 Å². The molecule has 228 valence electrons. The van der Waals surface area contributed by atoms with Crippen LogP contribution in [0.2, 0.25) is 0 Å². The normalized spacial score (nSPS) is 16.3. The second kappa shape index (κ2) is 14.1. The summed E-state index contributed by atoms with van der Waals surface area (Å²) in [5.41, 5.74) is 6.32. The number of anilines is 1. The van der Waals surface area contributed by atoms with Gasteiger partial charge in [0.2, 0.25) is 5.91 Å². The van der Waals surface area contributed by atoms with E-state index in [-0.39, 0.29) is 24.9 Å². The van der Waals surface area contributed by atoms with Gasteiger partial charge in [0.15, 0.2) is 5.82 Å². The zero-order valence-electron chi connectivity index (χ0n) is 24.6. The molecule has 0 aliphatic carbocycles. The summed E-state index contributed by atoms with van der Waals surface area (Å²) < 4.78 is 12.3. The third-order valence-electron chi connectivity index (χ3n) is 7.11. The fraction of sp³-hybridized carbons (Fsp3) is 0.387. The highest BCUT2D eigenvalue weighted by Crippen LogP contribution is 2.28. The molecule has 2 heterocycles. The Bertz CT molecular complexity index is 1400. The molecule has 0 radical (unpaired) electrons. The molecule has 4 N–H and O–H groups in total. The Morgan fingerprint density at radius 1 is 1.07 bits per heavy atom. The molecule has 0 bridgehead atoms. The van der Waals surface area contributed by atoms with Gasteiger partial charge in [-0.05, 0) is 37.8 Å². The minimum absolute atomic E-state index is 0.113. The first-order chi connectivity index (χ1) is 20.6. The van der Waals surface area contributed by atoms with Crippen LogP contribution >= 0.6 is 0 Å². The van der Waals surface area contributed by atoms with Crippen molar-refractivity contribution in [2.24, 2.45) is 5.73 Å². The zero-order valence-corrected chi connectivity index (χ0v) is 24.6. The quantitative estimate of drug-likeness (QED) is 0.270. The number of carbonyl (C=O) groups is 4. The van der Waals surface area contributed by atoms with E-state index in [9.17, 15) is 19.2 Å². The maximum absolute atomic E-state index is 13.9. The number of amides is 3. The summed E-state index contributed by atoms with van der Waals surface area (Å²) in [5.74, 6) is -1.68. The summed E-state index contributed by atoms with van der Waals surface area (Å²) in [6, 6.07) is 16.0. The van der Waals surface area contributed by atoms with E-state index in [4.69, 9.17) is 15.2 Å². The van der Waals surface area contributed by atoms with Crippen LogP contribution < -0.4 is 16.4 Å². The molecule has 3 amide bonds. The molecule has 4 rings (SSSR count).